The summed E-state index contributed by atoms with van der Waals surface area (Å²) in [6.07, 6.45) is 0. The van der Waals surface area contributed by atoms with Crippen LogP contribution in [0, 0.1) is 0 Å². The number of carbonyl (C=O) groups excluding carboxylic acids is 1. The fourth-order valence-electron chi connectivity index (χ4n) is 0.996. The summed E-state index contributed by atoms with van der Waals surface area (Å²) < 4.78 is 7.11. The van der Waals surface area contributed by atoms with Crippen LogP contribution in [0.15, 0.2) is 10.7 Å². The maximum atomic E-state index is 11.3. The number of carbonyl (C=O) groups is 1. The number of hydrogen-bond acceptors (Lipinski definition) is 3. The van der Waals surface area contributed by atoms with Gasteiger partial charge in [-0.05, 0) is 29.8 Å². The normalized spacial score (nSPS) is 10.1. The molecule has 0 bridgehead atoms. The number of ether oxygens (including phenoxy) is 1. The van der Waals surface area contributed by atoms with Crippen LogP contribution in [0.5, 0.6) is 0 Å². The SMILES string of the molecule is CCOC(=O)c1cc(Br)nn1CC. The van der Waals surface area contributed by atoms with Crippen LogP contribution in [0.3, 0.4) is 0 Å². The topological polar surface area (TPSA) is 44.1 Å². The Balaban J connectivity index is 2.91. The Morgan fingerprint density at radius 2 is 2.38 bits per heavy atom. The van der Waals surface area contributed by atoms with Gasteiger partial charge in [0.25, 0.3) is 0 Å². The van der Waals surface area contributed by atoms with Crippen molar-refractivity contribution in [1.82, 2.24) is 9.78 Å². The molecule has 0 unspecified atom stereocenters. The first-order chi connectivity index (χ1) is 6.19. The lowest BCUT2D eigenvalue weighted by Gasteiger charge is -2.02. The summed E-state index contributed by atoms with van der Waals surface area (Å²) in [5.41, 5.74) is 0.483. The monoisotopic (exact) mass is 246 g/mol. The predicted octanol–water partition coefficient (Wildman–Crippen LogP) is 1.84. The highest BCUT2D eigenvalue weighted by Gasteiger charge is 2.13. The van der Waals surface area contributed by atoms with Gasteiger partial charge in [-0.25, -0.2) is 4.79 Å². The summed E-state index contributed by atoms with van der Waals surface area (Å²) >= 11 is 3.20. The minimum Gasteiger partial charge on any atom is -0.461 e. The van der Waals surface area contributed by atoms with Gasteiger partial charge in [0.1, 0.15) is 10.3 Å². The van der Waals surface area contributed by atoms with Crippen molar-refractivity contribution in [2.45, 2.75) is 20.4 Å². The summed E-state index contributed by atoms with van der Waals surface area (Å²) in [6.45, 7) is 4.73. The fourth-order valence-corrected chi connectivity index (χ4v) is 1.40. The molecule has 0 N–H and O–H groups in total. The van der Waals surface area contributed by atoms with Crippen molar-refractivity contribution in [3.63, 3.8) is 0 Å². The minimum atomic E-state index is -0.331. The smallest absolute Gasteiger partial charge is 0.356 e. The van der Waals surface area contributed by atoms with Crippen LogP contribution in [-0.2, 0) is 11.3 Å². The molecule has 5 heteroatoms. The number of esters is 1. The average Bonchev–Trinajstić information content (AvgIpc) is 2.47. The van der Waals surface area contributed by atoms with Gasteiger partial charge in [-0.15, -0.1) is 0 Å². The average molecular weight is 247 g/mol. The molecule has 0 aromatic carbocycles. The number of aryl methyl sites for hydroxylation is 1. The van der Waals surface area contributed by atoms with Crippen molar-refractivity contribution in [3.8, 4) is 0 Å². The molecule has 0 atom stereocenters. The Hall–Kier alpha value is -0.840. The number of nitrogens with zero attached hydrogens (tertiary/aromatic N) is 2. The van der Waals surface area contributed by atoms with E-state index in [2.05, 4.69) is 21.0 Å². The fraction of sp³-hybridized carbons (Fsp3) is 0.500. The molecule has 0 spiro atoms. The van der Waals surface area contributed by atoms with E-state index in [4.69, 9.17) is 4.74 Å². The first-order valence-electron chi connectivity index (χ1n) is 4.09. The molecule has 72 valence electrons. The summed E-state index contributed by atoms with van der Waals surface area (Å²) in [5.74, 6) is -0.331. The molecule has 1 rings (SSSR count). The van der Waals surface area contributed by atoms with E-state index in [-0.39, 0.29) is 5.97 Å². The van der Waals surface area contributed by atoms with E-state index in [9.17, 15) is 4.79 Å². The van der Waals surface area contributed by atoms with Crippen molar-refractivity contribution >= 4 is 21.9 Å². The van der Waals surface area contributed by atoms with Crippen molar-refractivity contribution in [3.05, 3.63) is 16.4 Å². The molecule has 1 aromatic heterocycles. The van der Waals surface area contributed by atoms with Gasteiger partial charge in [-0.1, -0.05) is 0 Å². The zero-order valence-electron chi connectivity index (χ0n) is 7.58. The molecule has 0 aliphatic carbocycles. The lowest BCUT2D eigenvalue weighted by molar-refractivity contribution is 0.0512. The van der Waals surface area contributed by atoms with Crippen LogP contribution in [-0.4, -0.2) is 22.4 Å². The number of halogens is 1. The van der Waals surface area contributed by atoms with Crippen LogP contribution < -0.4 is 0 Å². The predicted molar refractivity (Wildman–Crippen MR) is 51.6 cm³/mol. The van der Waals surface area contributed by atoms with Crippen LogP contribution in [0.25, 0.3) is 0 Å². The Morgan fingerprint density at radius 3 is 2.92 bits per heavy atom. The second kappa shape index (κ2) is 4.41. The van der Waals surface area contributed by atoms with Crippen LogP contribution >= 0.6 is 15.9 Å². The van der Waals surface area contributed by atoms with E-state index in [1.54, 1.807) is 17.7 Å². The zero-order chi connectivity index (χ0) is 9.84. The van der Waals surface area contributed by atoms with Gasteiger partial charge in [-0.2, -0.15) is 5.10 Å². The number of hydrogen-bond donors (Lipinski definition) is 0. The van der Waals surface area contributed by atoms with Crippen LogP contribution in [0.4, 0.5) is 0 Å². The molecular weight excluding hydrogens is 236 g/mol. The molecule has 0 radical (unpaired) electrons. The van der Waals surface area contributed by atoms with E-state index >= 15 is 0 Å². The summed E-state index contributed by atoms with van der Waals surface area (Å²) in [4.78, 5) is 11.3. The Labute approximate surface area is 85.0 Å². The molecule has 4 nitrogen and oxygen atoms in total. The van der Waals surface area contributed by atoms with E-state index in [1.165, 1.54) is 0 Å². The number of aromatic nitrogens is 2. The highest BCUT2D eigenvalue weighted by atomic mass is 79.9. The summed E-state index contributed by atoms with van der Waals surface area (Å²) in [7, 11) is 0. The quantitative estimate of drug-likeness (QED) is 0.765. The molecule has 13 heavy (non-hydrogen) atoms. The molecule has 0 saturated carbocycles. The van der Waals surface area contributed by atoms with E-state index in [0.717, 1.165) is 0 Å². The van der Waals surface area contributed by atoms with E-state index in [1.807, 2.05) is 6.92 Å². The largest absolute Gasteiger partial charge is 0.461 e. The van der Waals surface area contributed by atoms with Gasteiger partial charge in [0.2, 0.25) is 0 Å². The highest BCUT2D eigenvalue weighted by Crippen LogP contribution is 2.11. The maximum absolute atomic E-state index is 11.3. The lowest BCUT2D eigenvalue weighted by Crippen LogP contribution is -2.12. The molecule has 0 saturated heterocycles. The Bertz CT molecular complexity index is 309. The van der Waals surface area contributed by atoms with Crippen molar-refractivity contribution in [2.75, 3.05) is 6.61 Å². The first-order valence-corrected chi connectivity index (χ1v) is 4.88. The molecular formula is C8H11BrN2O2. The van der Waals surface area contributed by atoms with E-state index in [0.29, 0.717) is 23.4 Å². The third-order valence-electron chi connectivity index (χ3n) is 1.53. The Kier molecular flexibility index (Phi) is 3.48. The maximum Gasteiger partial charge on any atom is 0.356 e. The van der Waals surface area contributed by atoms with Crippen molar-refractivity contribution < 1.29 is 9.53 Å². The molecule has 0 fully saturated rings. The van der Waals surface area contributed by atoms with Crippen molar-refractivity contribution in [2.24, 2.45) is 0 Å². The number of rotatable bonds is 3. The molecule has 0 aliphatic heterocycles. The van der Waals surface area contributed by atoms with Gasteiger partial charge >= 0.3 is 5.97 Å². The van der Waals surface area contributed by atoms with Gasteiger partial charge in [-0.3, -0.25) is 4.68 Å². The lowest BCUT2D eigenvalue weighted by atomic mass is 10.4. The Morgan fingerprint density at radius 1 is 1.69 bits per heavy atom. The van der Waals surface area contributed by atoms with Gasteiger partial charge in [0, 0.05) is 12.6 Å². The molecule has 1 heterocycles. The summed E-state index contributed by atoms with van der Waals surface area (Å²) in [6, 6.07) is 1.65. The zero-order valence-corrected chi connectivity index (χ0v) is 9.17. The second-order valence-corrected chi connectivity index (χ2v) is 3.20. The first kappa shape index (κ1) is 10.2. The highest BCUT2D eigenvalue weighted by molar-refractivity contribution is 9.10. The second-order valence-electron chi connectivity index (χ2n) is 2.39. The third-order valence-corrected chi connectivity index (χ3v) is 1.92. The van der Waals surface area contributed by atoms with Gasteiger partial charge in [0.15, 0.2) is 0 Å². The van der Waals surface area contributed by atoms with Crippen LogP contribution in [0.2, 0.25) is 0 Å². The standard InChI is InChI=1S/C8H11BrN2O2/c1-3-11-6(5-7(9)10-11)8(12)13-4-2/h5H,3-4H2,1-2H3. The molecule has 0 aliphatic rings. The third kappa shape index (κ3) is 2.30. The van der Waals surface area contributed by atoms with Crippen LogP contribution in [0.1, 0.15) is 24.3 Å². The van der Waals surface area contributed by atoms with E-state index < -0.39 is 0 Å². The summed E-state index contributed by atoms with van der Waals surface area (Å²) in [5, 5.41) is 4.06. The molecule has 1 aromatic rings. The van der Waals surface area contributed by atoms with Gasteiger partial charge < -0.3 is 4.74 Å². The molecule has 0 amide bonds. The minimum absolute atomic E-state index is 0.331. The van der Waals surface area contributed by atoms with Gasteiger partial charge in [0.05, 0.1) is 6.61 Å². The van der Waals surface area contributed by atoms with Crippen molar-refractivity contribution in [1.29, 1.82) is 0 Å².